The van der Waals surface area contributed by atoms with Gasteiger partial charge in [0.2, 0.25) is 17.7 Å². The van der Waals surface area contributed by atoms with Gasteiger partial charge in [0.1, 0.15) is 17.5 Å². The molecule has 1 fully saturated rings. The summed E-state index contributed by atoms with van der Waals surface area (Å²) in [5.74, 6) is -1.69. The average molecular weight is 687 g/mol. The van der Waals surface area contributed by atoms with Gasteiger partial charge in [-0.3, -0.25) is 23.7 Å². The van der Waals surface area contributed by atoms with Crippen molar-refractivity contribution in [1.29, 1.82) is 0 Å². The fourth-order valence-electron chi connectivity index (χ4n) is 5.94. The molecule has 0 aliphatic carbocycles. The van der Waals surface area contributed by atoms with Crippen molar-refractivity contribution in [2.45, 2.75) is 22.7 Å². The van der Waals surface area contributed by atoms with Gasteiger partial charge in [0.05, 0.1) is 23.7 Å². The van der Waals surface area contributed by atoms with E-state index in [1.807, 2.05) is 66.7 Å². The largest absolute Gasteiger partial charge is 0.497 e. The summed E-state index contributed by atoms with van der Waals surface area (Å²) in [7, 11) is 1.55. The molecular weight excluding hydrogens is 662 g/mol. The number of hydrogen-bond donors (Lipinski definition) is 1. The molecule has 4 aromatic carbocycles. The molecule has 3 unspecified atom stereocenters. The number of anilines is 2. The van der Waals surface area contributed by atoms with Crippen LogP contribution in [0.3, 0.4) is 0 Å². The third-order valence-corrected chi connectivity index (χ3v) is 11.1. The third kappa shape index (κ3) is 4.85. The number of aromatic nitrogens is 1. The summed E-state index contributed by atoms with van der Waals surface area (Å²) in [5, 5.41) is 4.61. The molecule has 0 bridgehead atoms. The molecule has 0 saturated carbocycles. The molecule has 0 radical (unpaired) electrons. The van der Waals surface area contributed by atoms with Gasteiger partial charge >= 0.3 is 4.87 Å². The molecule has 8 nitrogen and oxygen atoms in total. The van der Waals surface area contributed by atoms with Crippen LogP contribution < -0.4 is 19.8 Å². The predicted molar refractivity (Wildman–Crippen MR) is 176 cm³/mol. The van der Waals surface area contributed by atoms with E-state index in [0.717, 1.165) is 32.1 Å². The lowest BCUT2D eigenvalue weighted by molar-refractivity contribution is -0.122. The monoisotopic (exact) mass is 685 g/mol. The molecule has 11 heteroatoms. The number of thiazole rings is 1. The van der Waals surface area contributed by atoms with E-state index < -0.39 is 17.1 Å². The summed E-state index contributed by atoms with van der Waals surface area (Å²) >= 11 is 5.69. The van der Waals surface area contributed by atoms with Crippen LogP contribution in [0.2, 0.25) is 0 Å². The van der Waals surface area contributed by atoms with Crippen LogP contribution in [-0.4, -0.2) is 34.6 Å². The fourth-order valence-corrected chi connectivity index (χ4v) is 8.98. The number of nitrogens with zero attached hydrogens (tertiary/aromatic N) is 2. The average Bonchev–Trinajstić information content (AvgIpc) is 3.48. The van der Waals surface area contributed by atoms with Gasteiger partial charge in [0.25, 0.3) is 0 Å². The minimum absolute atomic E-state index is 0.227. The number of fused-ring (bicyclic) bond motifs is 3. The highest BCUT2D eigenvalue weighted by atomic mass is 79.9. The Morgan fingerprint density at radius 3 is 2.39 bits per heavy atom. The van der Waals surface area contributed by atoms with Crippen LogP contribution in [-0.2, 0) is 20.9 Å². The highest BCUT2D eigenvalue weighted by Crippen LogP contribution is 2.54. The Kier molecular flexibility index (Phi) is 7.39. The summed E-state index contributed by atoms with van der Waals surface area (Å²) in [6.45, 7) is -0.227. The first kappa shape index (κ1) is 28.6. The zero-order valence-corrected chi connectivity index (χ0v) is 26.4. The van der Waals surface area contributed by atoms with Crippen molar-refractivity contribution >= 4 is 78.9 Å². The molecule has 44 heavy (non-hydrogen) atoms. The molecule has 5 aromatic rings. The van der Waals surface area contributed by atoms with Crippen molar-refractivity contribution in [3.05, 3.63) is 116 Å². The van der Waals surface area contributed by atoms with Gasteiger partial charge in [-0.05, 0) is 53.4 Å². The predicted octanol–water partition coefficient (Wildman–Crippen LogP) is 6.27. The van der Waals surface area contributed by atoms with Crippen LogP contribution in [0.4, 0.5) is 11.4 Å². The Morgan fingerprint density at radius 2 is 1.64 bits per heavy atom. The first-order chi connectivity index (χ1) is 21.3. The van der Waals surface area contributed by atoms with Crippen molar-refractivity contribution in [1.82, 2.24) is 4.57 Å². The smallest absolute Gasteiger partial charge is 0.308 e. The fraction of sp³-hybridized carbons (Fsp3) is 0.152. The molecule has 3 amide bonds. The molecule has 7 rings (SSSR count). The number of hydrogen-bond acceptors (Lipinski definition) is 7. The second-order valence-electron chi connectivity index (χ2n) is 10.5. The maximum absolute atomic E-state index is 14.1. The van der Waals surface area contributed by atoms with Crippen molar-refractivity contribution in [3.63, 3.8) is 0 Å². The van der Waals surface area contributed by atoms with Crippen LogP contribution in [0.15, 0.2) is 105 Å². The number of ether oxygens (including phenoxy) is 1. The first-order valence-electron chi connectivity index (χ1n) is 13.8. The number of nitrogens with one attached hydrogen (secondary N) is 1. The van der Waals surface area contributed by atoms with E-state index in [-0.39, 0.29) is 29.1 Å². The van der Waals surface area contributed by atoms with Crippen molar-refractivity contribution in [2.24, 2.45) is 5.92 Å². The molecular formula is C33H24BrN3O5S2. The molecule has 1 saturated heterocycles. The van der Waals surface area contributed by atoms with Gasteiger partial charge in [0, 0.05) is 26.3 Å². The van der Waals surface area contributed by atoms with E-state index in [0.29, 0.717) is 27.0 Å². The van der Waals surface area contributed by atoms with Gasteiger partial charge in [-0.15, -0.1) is 0 Å². The summed E-state index contributed by atoms with van der Waals surface area (Å²) in [6.07, 6.45) is 0. The Balaban J connectivity index is 1.27. The number of halogens is 1. The molecule has 0 spiro atoms. The second-order valence-corrected chi connectivity index (χ2v) is 13.5. The van der Waals surface area contributed by atoms with Crippen molar-refractivity contribution < 1.29 is 19.1 Å². The Bertz CT molecular complexity index is 2000. The number of benzene rings is 4. The zero-order valence-electron chi connectivity index (χ0n) is 23.2. The molecule has 3 heterocycles. The topological polar surface area (TPSA) is 97.7 Å². The third-order valence-electron chi connectivity index (χ3n) is 7.97. The molecule has 1 aromatic heterocycles. The molecule has 3 atom stereocenters. The van der Waals surface area contributed by atoms with E-state index in [4.69, 9.17) is 4.74 Å². The number of methoxy groups -OCH3 is 1. The summed E-state index contributed by atoms with van der Waals surface area (Å²) < 4.78 is 7.55. The quantitative estimate of drug-likeness (QED) is 0.212. The Morgan fingerprint density at radius 1 is 0.909 bits per heavy atom. The molecule has 2 aliphatic rings. The standard InChI is InChI=1S/C33H24BrN3O5S2/c1-42-22-15-13-21(14-16-22)37-30(39)27-26(19-9-11-20(34)12-10-19)29-32(43-28(27)31(37)40)36(33(41)44-29)17-25(38)35-24-8-4-6-18-5-2-3-7-23(18)24/h2-16,26-28H,17H2,1H3,(H,35,38). The number of rotatable bonds is 6. The van der Waals surface area contributed by atoms with Gasteiger partial charge in [-0.25, -0.2) is 4.90 Å². The van der Waals surface area contributed by atoms with Gasteiger partial charge in [-0.2, -0.15) is 0 Å². The summed E-state index contributed by atoms with van der Waals surface area (Å²) in [5.41, 5.74) is 1.93. The zero-order chi connectivity index (χ0) is 30.5. The van der Waals surface area contributed by atoms with Crippen molar-refractivity contribution in [3.8, 4) is 5.75 Å². The van der Waals surface area contributed by atoms with E-state index in [1.54, 1.807) is 31.4 Å². The highest BCUT2D eigenvalue weighted by molar-refractivity contribution is 9.10. The van der Waals surface area contributed by atoms with E-state index in [1.165, 1.54) is 21.2 Å². The first-order valence-corrected chi connectivity index (χ1v) is 16.3. The lowest BCUT2D eigenvalue weighted by atomic mass is 9.83. The van der Waals surface area contributed by atoms with E-state index in [2.05, 4.69) is 21.2 Å². The van der Waals surface area contributed by atoms with E-state index >= 15 is 0 Å². The lowest BCUT2D eigenvalue weighted by Crippen LogP contribution is -2.33. The highest BCUT2D eigenvalue weighted by Gasteiger charge is 2.56. The van der Waals surface area contributed by atoms with Crippen molar-refractivity contribution in [2.75, 3.05) is 17.3 Å². The Labute approximate surface area is 268 Å². The molecule has 1 N–H and O–H groups in total. The van der Waals surface area contributed by atoms with Crippen LogP contribution in [0.5, 0.6) is 5.75 Å². The lowest BCUT2D eigenvalue weighted by Gasteiger charge is -2.30. The molecule has 2 aliphatic heterocycles. The number of imide groups is 1. The normalized spacial score (nSPS) is 19.1. The van der Waals surface area contributed by atoms with E-state index in [9.17, 15) is 19.2 Å². The minimum atomic E-state index is -0.771. The SMILES string of the molecule is COc1ccc(N2C(=O)C3Sc4c(sc(=O)n4CC(=O)Nc4cccc5ccccc45)C(c4ccc(Br)cc4)C3C2=O)cc1. The maximum Gasteiger partial charge on any atom is 0.308 e. The summed E-state index contributed by atoms with van der Waals surface area (Å²) in [6, 6.07) is 27.8. The van der Waals surface area contributed by atoms with Gasteiger partial charge in [0.15, 0.2) is 0 Å². The second kappa shape index (κ2) is 11.4. The van der Waals surface area contributed by atoms with Crippen LogP contribution in [0.1, 0.15) is 16.4 Å². The maximum atomic E-state index is 14.1. The Hall–Kier alpha value is -4.19. The number of amides is 3. The number of carbonyl (C=O) groups excluding carboxylic acids is 3. The summed E-state index contributed by atoms with van der Waals surface area (Å²) in [4.78, 5) is 56.4. The number of carbonyl (C=O) groups is 3. The molecule has 220 valence electrons. The number of thioether (sulfide) groups is 1. The van der Waals surface area contributed by atoms with Gasteiger partial charge < -0.3 is 10.1 Å². The van der Waals surface area contributed by atoms with Crippen LogP contribution in [0, 0.1) is 5.92 Å². The minimum Gasteiger partial charge on any atom is -0.497 e. The van der Waals surface area contributed by atoms with Crippen LogP contribution in [0.25, 0.3) is 10.8 Å². The van der Waals surface area contributed by atoms with Gasteiger partial charge in [-0.1, -0.05) is 87.6 Å². The van der Waals surface area contributed by atoms with Crippen LogP contribution >= 0.6 is 39.0 Å².